The third-order valence-electron chi connectivity index (χ3n) is 4.29. The van der Waals surface area contributed by atoms with Crippen molar-refractivity contribution in [2.24, 2.45) is 17.8 Å². The van der Waals surface area contributed by atoms with Crippen molar-refractivity contribution in [1.82, 2.24) is 0 Å². The Morgan fingerprint density at radius 2 is 1.65 bits per heavy atom. The summed E-state index contributed by atoms with van der Waals surface area (Å²) in [6, 6.07) is 0. The van der Waals surface area contributed by atoms with E-state index < -0.39 is 0 Å². The number of hydrogen-bond acceptors (Lipinski definition) is 2. The number of rotatable bonds is 6. The molecule has 0 N–H and O–H groups in total. The average molecular weight is 240 g/mol. The van der Waals surface area contributed by atoms with Crippen LogP contribution in [0.3, 0.4) is 0 Å². The quantitative estimate of drug-likeness (QED) is 0.651. The van der Waals surface area contributed by atoms with E-state index in [0.717, 1.165) is 24.7 Å². The topological polar surface area (TPSA) is 26.3 Å². The van der Waals surface area contributed by atoms with Crippen LogP contribution in [0.2, 0.25) is 0 Å². The van der Waals surface area contributed by atoms with Gasteiger partial charge in [-0.3, -0.25) is 4.79 Å². The zero-order valence-corrected chi connectivity index (χ0v) is 11.7. The van der Waals surface area contributed by atoms with E-state index >= 15 is 0 Å². The smallest absolute Gasteiger partial charge is 0.308 e. The van der Waals surface area contributed by atoms with E-state index in [1.807, 2.05) is 0 Å². The van der Waals surface area contributed by atoms with Crippen molar-refractivity contribution in [1.29, 1.82) is 0 Å². The van der Waals surface area contributed by atoms with Gasteiger partial charge in [-0.1, -0.05) is 39.5 Å². The van der Waals surface area contributed by atoms with Crippen molar-refractivity contribution >= 4 is 5.97 Å². The lowest BCUT2D eigenvalue weighted by atomic mass is 9.73. The summed E-state index contributed by atoms with van der Waals surface area (Å²) in [5, 5.41) is 0. The molecule has 2 heteroatoms. The van der Waals surface area contributed by atoms with Crippen molar-refractivity contribution in [3.63, 3.8) is 0 Å². The van der Waals surface area contributed by atoms with E-state index in [1.54, 1.807) is 0 Å². The van der Waals surface area contributed by atoms with E-state index in [9.17, 15) is 4.79 Å². The lowest BCUT2D eigenvalue weighted by Crippen LogP contribution is -2.26. The van der Waals surface area contributed by atoms with Gasteiger partial charge in [-0.15, -0.1) is 0 Å². The van der Waals surface area contributed by atoms with Gasteiger partial charge in [0.1, 0.15) is 0 Å². The van der Waals surface area contributed by atoms with Gasteiger partial charge < -0.3 is 4.74 Å². The van der Waals surface area contributed by atoms with Gasteiger partial charge in [0.2, 0.25) is 0 Å². The van der Waals surface area contributed by atoms with Gasteiger partial charge in [-0.25, -0.2) is 0 Å². The van der Waals surface area contributed by atoms with Crippen LogP contribution in [0.25, 0.3) is 0 Å². The number of carbonyl (C=O) groups excluding carboxylic acids is 1. The fourth-order valence-electron chi connectivity index (χ4n) is 3.35. The molecule has 0 amide bonds. The summed E-state index contributed by atoms with van der Waals surface area (Å²) in [4.78, 5) is 11.5. The lowest BCUT2D eigenvalue weighted by molar-refractivity contribution is -0.147. The van der Waals surface area contributed by atoms with Crippen LogP contribution in [0, 0.1) is 17.8 Å². The molecule has 0 aromatic rings. The zero-order valence-electron chi connectivity index (χ0n) is 11.7. The van der Waals surface area contributed by atoms with Crippen molar-refractivity contribution < 1.29 is 9.53 Å². The van der Waals surface area contributed by atoms with Gasteiger partial charge in [-0.05, 0) is 37.5 Å². The summed E-state index contributed by atoms with van der Waals surface area (Å²) in [7, 11) is 1.51. The van der Waals surface area contributed by atoms with Crippen molar-refractivity contribution in [2.75, 3.05) is 7.11 Å². The maximum atomic E-state index is 11.5. The third-order valence-corrected chi connectivity index (χ3v) is 4.29. The summed E-state index contributed by atoms with van der Waals surface area (Å²) in [5.74, 6) is 1.94. The van der Waals surface area contributed by atoms with Gasteiger partial charge in [0.05, 0.1) is 13.0 Å². The molecule has 0 radical (unpaired) electrons. The third kappa shape index (κ3) is 4.33. The van der Waals surface area contributed by atoms with Crippen LogP contribution >= 0.6 is 0 Å². The van der Waals surface area contributed by atoms with Gasteiger partial charge in [0.15, 0.2) is 0 Å². The Morgan fingerprint density at radius 3 is 2.06 bits per heavy atom. The average Bonchev–Trinajstić information content (AvgIpc) is 2.38. The largest absolute Gasteiger partial charge is 0.469 e. The molecule has 1 aliphatic rings. The van der Waals surface area contributed by atoms with Crippen LogP contribution in [-0.4, -0.2) is 13.1 Å². The maximum Gasteiger partial charge on any atom is 0.308 e. The van der Waals surface area contributed by atoms with E-state index in [4.69, 9.17) is 4.74 Å². The number of carbonyl (C=O) groups is 1. The second-order valence-electron chi connectivity index (χ2n) is 5.47. The highest BCUT2D eigenvalue weighted by atomic mass is 16.5. The van der Waals surface area contributed by atoms with Crippen molar-refractivity contribution in [2.45, 2.75) is 65.2 Å². The summed E-state index contributed by atoms with van der Waals surface area (Å²) in [5.41, 5.74) is 0. The fourth-order valence-corrected chi connectivity index (χ4v) is 3.35. The molecule has 0 spiro atoms. The highest BCUT2D eigenvalue weighted by molar-refractivity contribution is 5.72. The number of hydrogen-bond donors (Lipinski definition) is 0. The molecule has 1 aliphatic carbocycles. The molecule has 0 aliphatic heterocycles. The van der Waals surface area contributed by atoms with E-state index in [1.165, 1.54) is 45.6 Å². The normalized spacial score (nSPS) is 24.9. The Bertz CT molecular complexity index is 211. The van der Waals surface area contributed by atoms with Crippen LogP contribution in [0.1, 0.15) is 65.2 Å². The molecule has 0 unspecified atom stereocenters. The predicted molar refractivity (Wildman–Crippen MR) is 70.8 cm³/mol. The highest BCUT2D eigenvalue weighted by Gasteiger charge is 2.30. The van der Waals surface area contributed by atoms with Gasteiger partial charge in [0, 0.05) is 0 Å². The van der Waals surface area contributed by atoms with Crippen LogP contribution < -0.4 is 0 Å². The predicted octanol–water partition coefficient (Wildman–Crippen LogP) is 4.18. The van der Waals surface area contributed by atoms with Crippen LogP contribution in [0.4, 0.5) is 0 Å². The minimum atomic E-state index is 0.00554. The lowest BCUT2D eigenvalue weighted by Gasteiger charge is -2.33. The van der Waals surface area contributed by atoms with Crippen molar-refractivity contribution in [3.05, 3.63) is 0 Å². The SMILES string of the molecule is CCCC(CCC)C1CCC(C(=O)OC)CC1. The zero-order chi connectivity index (χ0) is 12.7. The molecule has 0 aromatic carbocycles. The first-order chi connectivity index (χ1) is 8.22. The molecular formula is C15H28O2. The Morgan fingerprint density at radius 1 is 1.12 bits per heavy atom. The molecule has 0 atom stereocenters. The maximum absolute atomic E-state index is 11.5. The van der Waals surface area contributed by atoms with E-state index in [0.29, 0.717) is 0 Å². The van der Waals surface area contributed by atoms with Crippen LogP contribution in [0.5, 0.6) is 0 Å². The summed E-state index contributed by atoms with van der Waals surface area (Å²) in [6.45, 7) is 4.56. The van der Waals surface area contributed by atoms with Crippen molar-refractivity contribution in [3.8, 4) is 0 Å². The molecule has 1 saturated carbocycles. The summed E-state index contributed by atoms with van der Waals surface area (Å²) in [6.07, 6.45) is 9.85. The number of ether oxygens (including phenoxy) is 1. The van der Waals surface area contributed by atoms with Crippen LogP contribution in [0.15, 0.2) is 0 Å². The number of methoxy groups -OCH3 is 1. The molecule has 0 aromatic heterocycles. The molecule has 100 valence electrons. The summed E-state index contributed by atoms with van der Waals surface area (Å²) >= 11 is 0. The number of esters is 1. The molecule has 1 rings (SSSR count). The van der Waals surface area contributed by atoms with Crippen LogP contribution in [-0.2, 0) is 9.53 Å². The molecular weight excluding hydrogens is 212 g/mol. The first-order valence-corrected chi connectivity index (χ1v) is 7.30. The highest BCUT2D eigenvalue weighted by Crippen LogP contribution is 2.37. The fraction of sp³-hybridized carbons (Fsp3) is 0.933. The van der Waals surface area contributed by atoms with E-state index in [2.05, 4.69) is 13.8 Å². The molecule has 2 nitrogen and oxygen atoms in total. The van der Waals surface area contributed by atoms with Gasteiger partial charge in [-0.2, -0.15) is 0 Å². The minimum absolute atomic E-state index is 0.00554. The molecule has 0 heterocycles. The monoisotopic (exact) mass is 240 g/mol. The standard InChI is InChI=1S/C15H28O2/c1-4-6-12(7-5-2)13-8-10-14(11-9-13)15(16)17-3/h12-14H,4-11H2,1-3H3. The van der Waals surface area contributed by atoms with Gasteiger partial charge >= 0.3 is 5.97 Å². The first kappa shape index (κ1) is 14.5. The first-order valence-electron chi connectivity index (χ1n) is 7.30. The Kier molecular flexibility index (Phi) is 6.61. The molecule has 0 bridgehead atoms. The Labute approximate surface area is 106 Å². The Hall–Kier alpha value is -0.530. The molecule has 1 fully saturated rings. The summed E-state index contributed by atoms with van der Waals surface area (Å²) < 4.78 is 4.84. The second-order valence-corrected chi connectivity index (χ2v) is 5.47. The molecule has 17 heavy (non-hydrogen) atoms. The van der Waals surface area contributed by atoms with E-state index in [-0.39, 0.29) is 11.9 Å². The Balaban J connectivity index is 2.40. The minimum Gasteiger partial charge on any atom is -0.469 e. The van der Waals surface area contributed by atoms with Gasteiger partial charge in [0.25, 0.3) is 0 Å². The second kappa shape index (κ2) is 7.73. The molecule has 0 saturated heterocycles.